The van der Waals surface area contributed by atoms with Crippen LogP contribution in [0.15, 0.2) is 18.2 Å². The predicted molar refractivity (Wildman–Crippen MR) is 143 cm³/mol. The molecule has 0 saturated heterocycles. The number of rotatable bonds is 18. The Morgan fingerprint density at radius 3 is 1.71 bits per heavy atom. The highest BCUT2D eigenvalue weighted by atomic mass is 32.2. The molecule has 38 heavy (non-hydrogen) atoms. The molecule has 0 amide bonds. The number of aliphatic hydroxyl groups is 8. The van der Waals surface area contributed by atoms with Gasteiger partial charge in [0.25, 0.3) is 0 Å². The highest BCUT2D eigenvalue weighted by Gasteiger charge is 2.30. The summed E-state index contributed by atoms with van der Waals surface area (Å²) in [4.78, 5) is 24.2. The van der Waals surface area contributed by atoms with Gasteiger partial charge < -0.3 is 45.6 Å². The lowest BCUT2D eigenvalue weighted by molar-refractivity contribution is -0.109. The summed E-state index contributed by atoms with van der Waals surface area (Å²) >= 11 is 2.27. The molecule has 0 aromatic heterocycles. The summed E-state index contributed by atoms with van der Waals surface area (Å²) in [5.74, 6) is 1.30. The van der Waals surface area contributed by atoms with Crippen molar-refractivity contribution >= 4 is 33.8 Å². The van der Waals surface area contributed by atoms with Crippen LogP contribution < -0.4 is 4.74 Å². The molecule has 0 heterocycles. The van der Waals surface area contributed by atoms with Crippen molar-refractivity contribution in [2.24, 2.45) is 0 Å². The van der Waals surface area contributed by atoms with Crippen molar-refractivity contribution in [3.05, 3.63) is 29.3 Å². The number of benzene rings is 1. The van der Waals surface area contributed by atoms with E-state index < -0.39 is 49.8 Å². The first kappa shape index (κ1) is 34.7. The maximum absolute atomic E-state index is 11.5. The monoisotopic (exact) mass is 581 g/mol. The molecule has 1 aromatic rings. The maximum Gasteiger partial charge on any atom is 0.186 e. The fourth-order valence-corrected chi connectivity index (χ4v) is 4.62. The second-order valence-corrected chi connectivity index (χ2v) is 11.0. The molecule has 14 heteroatoms. The number of aliphatic hydroxyl groups excluding tert-OH is 8. The predicted octanol–water partition coefficient (Wildman–Crippen LogP) is -1.92. The highest BCUT2D eigenvalue weighted by molar-refractivity contribution is 8.13. The van der Waals surface area contributed by atoms with Gasteiger partial charge >= 0.3 is 0 Å². The fraction of sp³-hybridized carbons (Fsp3) is 0.667. The molecule has 0 fully saturated rings. The Hall–Kier alpha value is -1.30. The average Bonchev–Trinajstić information content (AvgIpc) is 2.88. The van der Waals surface area contributed by atoms with Gasteiger partial charge in [-0.15, -0.1) is 0 Å². The van der Waals surface area contributed by atoms with Crippen LogP contribution in [0.4, 0.5) is 0 Å². The van der Waals surface area contributed by atoms with Gasteiger partial charge in [0.1, 0.15) is 36.8 Å². The van der Waals surface area contributed by atoms with Gasteiger partial charge in [-0.05, 0) is 23.3 Å². The molecule has 0 spiro atoms. The summed E-state index contributed by atoms with van der Waals surface area (Å²) in [5, 5.41) is 77.7. The van der Waals surface area contributed by atoms with Crippen LogP contribution in [0, 0.1) is 0 Å². The van der Waals surface area contributed by atoms with Crippen molar-refractivity contribution in [2.75, 3.05) is 39.5 Å². The van der Waals surface area contributed by atoms with Gasteiger partial charge in [0, 0.05) is 45.0 Å². The summed E-state index contributed by atoms with van der Waals surface area (Å²) in [7, 11) is 0. The second kappa shape index (κ2) is 18.1. The molecule has 218 valence electrons. The number of carbonyl (C=O) groups excluding carboxylic acids is 2. The van der Waals surface area contributed by atoms with Crippen molar-refractivity contribution in [3.8, 4) is 5.75 Å². The number of hydrogen-bond acceptors (Lipinski definition) is 14. The summed E-state index contributed by atoms with van der Waals surface area (Å²) in [5.41, 5.74) is 1.70. The third-order valence-corrected chi connectivity index (χ3v) is 7.28. The third kappa shape index (κ3) is 12.7. The van der Waals surface area contributed by atoms with Crippen molar-refractivity contribution in [2.45, 2.75) is 62.0 Å². The maximum atomic E-state index is 11.5. The Balaban J connectivity index is 2.94. The highest BCUT2D eigenvalue weighted by Crippen LogP contribution is 2.26. The van der Waals surface area contributed by atoms with Crippen molar-refractivity contribution < 1.29 is 55.2 Å². The summed E-state index contributed by atoms with van der Waals surface area (Å²) < 4.78 is 5.81. The molecule has 8 N–H and O–H groups in total. The molecule has 0 bridgehead atoms. The van der Waals surface area contributed by atoms with Crippen LogP contribution in [0.25, 0.3) is 0 Å². The van der Waals surface area contributed by atoms with Gasteiger partial charge in [0.05, 0.1) is 25.4 Å². The Labute approximate surface area is 230 Å². The van der Waals surface area contributed by atoms with Crippen LogP contribution >= 0.6 is 23.5 Å². The number of carbonyl (C=O) groups is 2. The molecule has 6 atom stereocenters. The Bertz CT molecular complexity index is 839. The lowest BCUT2D eigenvalue weighted by Crippen LogP contribution is -2.51. The molecule has 0 unspecified atom stereocenters. The van der Waals surface area contributed by atoms with Crippen molar-refractivity contribution in [3.63, 3.8) is 0 Å². The first-order valence-electron chi connectivity index (χ1n) is 11.9. The summed E-state index contributed by atoms with van der Waals surface area (Å²) in [6.07, 6.45) is -9.62. The van der Waals surface area contributed by atoms with E-state index in [1.165, 1.54) is 18.7 Å². The largest absolute Gasteiger partial charge is 0.492 e. The lowest BCUT2D eigenvalue weighted by atomic mass is 10.1. The van der Waals surface area contributed by atoms with Crippen LogP contribution in [0.1, 0.15) is 25.0 Å². The van der Waals surface area contributed by atoms with E-state index in [9.17, 15) is 40.2 Å². The molecule has 0 aliphatic rings. The molecule has 0 saturated carbocycles. The first-order chi connectivity index (χ1) is 17.9. The SMILES string of the molecule is CC(=O)SCc1ccc(OCCN(C[C@H](O)[C@@H](O)[C@H](O)CO)C[C@H](O)[C@@H](O)[C@H](O)CO)cc1CSC(C)=O. The van der Waals surface area contributed by atoms with Crippen molar-refractivity contribution in [1.29, 1.82) is 0 Å². The average molecular weight is 582 g/mol. The van der Waals surface area contributed by atoms with Crippen molar-refractivity contribution in [1.82, 2.24) is 4.90 Å². The lowest BCUT2D eigenvalue weighted by Gasteiger charge is -2.32. The van der Waals surface area contributed by atoms with Gasteiger partial charge in [-0.1, -0.05) is 29.6 Å². The van der Waals surface area contributed by atoms with Crippen LogP contribution in [0.3, 0.4) is 0 Å². The van der Waals surface area contributed by atoms with Crippen LogP contribution in [-0.4, -0.2) is 132 Å². The minimum absolute atomic E-state index is 0.0254. The summed E-state index contributed by atoms with van der Waals surface area (Å²) in [6, 6.07) is 5.25. The van der Waals surface area contributed by atoms with E-state index in [4.69, 9.17) is 14.9 Å². The molecule has 0 radical (unpaired) electrons. The molecule has 0 aliphatic carbocycles. The quantitative estimate of drug-likeness (QED) is 0.0951. The molecule has 12 nitrogen and oxygen atoms in total. The van der Waals surface area contributed by atoms with Crippen LogP contribution in [-0.2, 0) is 21.1 Å². The first-order valence-corrected chi connectivity index (χ1v) is 13.9. The zero-order valence-corrected chi connectivity index (χ0v) is 23.1. The van der Waals surface area contributed by atoms with E-state index in [-0.39, 0.29) is 36.5 Å². The molecule has 0 aliphatic heterocycles. The Kier molecular flexibility index (Phi) is 16.6. The van der Waals surface area contributed by atoms with Crippen LogP contribution in [0.5, 0.6) is 5.75 Å². The standard InChI is InChI=1S/C24H39NO11S2/c1-14(28)37-12-16-3-4-18(7-17(16)13-38-15(2)29)36-6-5-25(8-19(30)23(34)21(32)10-26)9-20(31)24(35)22(33)11-27/h3-4,7,19-24,26-27,30-35H,5-6,8-13H2,1-2H3/t19-,20-,21+,22+,23+,24+/m0/s1. The molecular formula is C24H39NO11S2. The number of thioether (sulfide) groups is 2. The minimum Gasteiger partial charge on any atom is -0.492 e. The molecular weight excluding hydrogens is 542 g/mol. The zero-order chi connectivity index (χ0) is 28.8. The van der Waals surface area contributed by atoms with E-state index in [1.807, 2.05) is 0 Å². The number of ether oxygens (including phenoxy) is 1. The van der Waals surface area contributed by atoms with E-state index in [2.05, 4.69) is 0 Å². The molecule has 1 aromatic carbocycles. The Morgan fingerprint density at radius 2 is 1.26 bits per heavy atom. The number of hydrogen-bond donors (Lipinski definition) is 8. The summed E-state index contributed by atoms with van der Waals surface area (Å²) in [6.45, 7) is 0.880. The second-order valence-electron chi connectivity index (χ2n) is 8.71. The topological polar surface area (TPSA) is 208 Å². The normalized spacial score (nSPS) is 16.5. The van der Waals surface area contributed by atoms with E-state index in [0.717, 1.165) is 34.7 Å². The van der Waals surface area contributed by atoms with E-state index in [0.29, 0.717) is 17.3 Å². The van der Waals surface area contributed by atoms with Gasteiger partial charge in [-0.3, -0.25) is 14.5 Å². The number of nitrogens with zero attached hydrogens (tertiary/aromatic N) is 1. The molecule has 1 rings (SSSR count). The van der Waals surface area contributed by atoms with E-state index >= 15 is 0 Å². The Morgan fingerprint density at radius 1 is 0.789 bits per heavy atom. The third-order valence-electron chi connectivity index (χ3n) is 5.56. The van der Waals surface area contributed by atoms with Gasteiger partial charge in [0.2, 0.25) is 0 Å². The van der Waals surface area contributed by atoms with Gasteiger partial charge in [0.15, 0.2) is 10.2 Å². The van der Waals surface area contributed by atoms with E-state index in [1.54, 1.807) is 18.2 Å². The van der Waals surface area contributed by atoms with Crippen LogP contribution in [0.2, 0.25) is 0 Å². The smallest absolute Gasteiger partial charge is 0.186 e. The zero-order valence-electron chi connectivity index (χ0n) is 21.4. The minimum atomic E-state index is -1.68. The van der Waals surface area contributed by atoms with Gasteiger partial charge in [-0.2, -0.15) is 0 Å². The fourth-order valence-electron chi connectivity index (χ4n) is 3.35. The van der Waals surface area contributed by atoms with Gasteiger partial charge in [-0.25, -0.2) is 0 Å².